The molecule has 0 aliphatic heterocycles. The summed E-state index contributed by atoms with van der Waals surface area (Å²) in [6.45, 7) is 8.44. The van der Waals surface area contributed by atoms with Gasteiger partial charge in [0.25, 0.3) is 5.91 Å². The Hall–Kier alpha value is -2.35. The molecule has 0 saturated carbocycles. The van der Waals surface area contributed by atoms with E-state index in [1.54, 1.807) is 4.57 Å². The van der Waals surface area contributed by atoms with E-state index in [2.05, 4.69) is 32.9 Å². The van der Waals surface area contributed by atoms with E-state index in [0.29, 0.717) is 5.92 Å². The van der Waals surface area contributed by atoms with Crippen LogP contribution in [0.2, 0.25) is 0 Å². The number of aromatic nitrogens is 1. The van der Waals surface area contributed by atoms with Crippen LogP contribution in [0.1, 0.15) is 46.8 Å². The summed E-state index contributed by atoms with van der Waals surface area (Å²) >= 11 is 0. The predicted octanol–water partition coefficient (Wildman–Crippen LogP) is 5.07. The number of carbonyl (C=O) groups excluding carboxylic acids is 1. The average Bonchev–Trinajstić information content (AvgIpc) is 2.86. The smallest absolute Gasteiger partial charge is 0.262 e. The maximum Gasteiger partial charge on any atom is 0.262 e. The maximum atomic E-state index is 12.9. The van der Waals surface area contributed by atoms with Gasteiger partial charge >= 0.3 is 0 Å². The summed E-state index contributed by atoms with van der Waals surface area (Å²) in [6, 6.07) is 14.0. The molecular formula is C20H21NO. The average molecular weight is 291 g/mol. The van der Waals surface area contributed by atoms with Gasteiger partial charge in [-0.25, -0.2) is 0 Å². The van der Waals surface area contributed by atoms with Crippen LogP contribution in [0.3, 0.4) is 0 Å². The topological polar surface area (TPSA) is 22.0 Å². The lowest BCUT2D eigenvalue weighted by atomic mass is 10.0. The van der Waals surface area contributed by atoms with Crippen LogP contribution in [0.25, 0.3) is 10.9 Å². The number of hydrogen-bond donors (Lipinski definition) is 0. The van der Waals surface area contributed by atoms with Gasteiger partial charge in [0, 0.05) is 17.1 Å². The molecule has 1 heterocycles. The number of benzene rings is 2. The number of hydrogen-bond acceptors (Lipinski definition) is 1. The normalized spacial score (nSPS) is 11.3. The third-order valence-electron chi connectivity index (χ3n) is 4.13. The van der Waals surface area contributed by atoms with Gasteiger partial charge in [0.1, 0.15) is 0 Å². The van der Waals surface area contributed by atoms with Gasteiger partial charge in [0.2, 0.25) is 0 Å². The minimum absolute atomic E-state index is 0.0285. The van der Waals surface area contributed by atoms with E-state index in [9.17, 15) is 4.79 Å². The standard InChI is InChI=1S/C20H21NO/c1-13(2)18-12-21(19-10-7-15(4)11-17(18)19)20(22)16-8-5-14(3)6-9-16/h5-13H,1-4H3. The minimum Gasteiger partial charge on any atom is -0.283 e. The fourth-order valence-corrected chi connectivity index (χ4v) is 2.83. The lowest BCUT2D eigenvalue weighted by Crippen LogP contribution is -2.10. The van der Waals surface area contributed by atoms with Crippen molar-refractivity contribution < 1.29 is 4.79 Å². The molecular weight excluding hydrogens is 270 g/mol. The first-order chi connectivity index (χ1) is 10.5. The zero-order valence-electron chi connectivity index (χ0n) is 13.6. The summed E-state index contributed by atoms with van der Waals surface area (Å²) in [7, 11) is 0. The summed E-state index contributed by atoms with van der Waals surface area (Å²) in [5.74, 6) is 0.414. The molecule has 0 N–H and O–H groups in total. The van der Waals surface area contributed by atoms with Crippen LogP contribution in [0.4, 0.5) is 0 Å². The van der Waals surface area contributed by atoms with Crippen LogP contribution in [0.15, 0.2) is 48.7 Å². The van der Waals surface area contributed by atoms with Crippen LogP contribution in [-0.4, -0.2) is 10.5 Å². The fraction of sp³-hybridized carbons (Fsp3) is 0.250. The monoisotopic (exact) mass is 291 g/mol. The van der Waals surface area contributed by atoms with Gasteiger partial charge in [-0.1, -0.05) is 43.2 Å². The zero-order valence-corrected chi connectivity index (χ0v) is 13.6. The van der Waals surface area contributed by atoms with E-state index in [0.717, 1.165) is 16.6 Å². The van der Waals surface area contributed by atoms with Crippen LogP contribution in [0.5, 0.6) is 0 Å². The molecule has 112 valence electrons. The van der Waals surface area contributed by atoms with Crippen molar-refractivity contribution in [2.24, 2.45) is 0 Å². The second-order valence-electron chi connectivity index (χ2n) is 6.30. The van der Waals surface area contributed by atoms with Crippen molar-refractivity contribution >= 4 is 16.8 Å². The van der Waals surface area contributed by atoms with Crippen molar-refractivity contribution in [2.75, 3.05) is 0 Å². The Kier molecular flexibility index (Phi) is 3.61. The molecule has 0 aliphatic carbocycles. The van der Waals surface area contributed by atoms with Crippen molar-refractivity contribution in [1.82, 2.24) is 4.57 Å². The zero-order chi connectivity index (χ0) is 15.9. The third kappa shape index (κ3) is 2.45. The first kappa shape index (κ1) is 14.6. The van der Waals surface area contributed by atoms with Gasteiger partial charge in [-0.2, -0.15) is 0 Å². The van der Waals surface area contributed by atoms with Crippen LogP contribution < -0.4 is 0 Å². The third-order valence-corrected chi connectivity index (χ3v) is 4.13. The second-order valence-corrected chi connectivity index (χ2v) is 6.30. The predicted molar refractivity (Wildman–Crippen MR) is 91.7 cm³/mol. The molecule has 3 aromatic rings. The van der Waals surface area contributed by atoms with Crippen LogP contribution in [0, 0.1) is 13.8 Å². The molecule has 3 rings (SSSR count). The van der Waals surface area contributed by atoms with Gasteiger partial charge in [-0.05, 0) is 49.6 Å². The Bertz CT molecular complexity index is 838. The number of carbonyl (C=O) groups is 1. The first-order valence-corrected chi connectivity index (χ1v) is 7.70. The molecule has 0 fully saturated rings. The Balaban J connectivity index is 2.18. The number of aryl methyl sites for hydroxylation is 2. The quantitative estimate of drug-likeness (QED) is 0.646. The summed E-state index contributed by atoms with van der Waals surface area (Å²) in [4.78, 5) is 12.9. The summed E-state index contributed by atoms with van der Waals surface area (Å²) in [5.41, 5.74) is 5.31. The SMILES string of the molecule is Cc1ccc(C(=O)n2cc(C(C)C)c3cc(C)ccc32)cc1. The lowest BCUT2D eigenvalue weighted by Gasteiger charge is -2.05. The van der Waals surface area contributed by atoms with Crippen molar-refractivity contribution in [3.05, 3.63) is 70.9 Å². The van der Waals surface area contributed by atoms with Gasteiger partial charge in [0.05, 0.1) is 5.52 Å². The molecule has 0 amide bonds. The van der Waals surface area contributed by atoms with Crippen molar-refractivity contribution in [2.45, 2.75) is 33.6 Å². The maximum absolute atomic E-state index is 12.9. The molecule has 0 bridgehead atoms. The number of rotatable bonds is 2. The van der Waals surface area contributed by atoms with Gasteiger partial charge < -0.3 is 0 Å². The largest absolute Gasteiger partial charge is 0.283 e. The molecule has 1 aromatic heterocycles. The fourth-order valence-electron chi connectivity index (χ4n) is 2.83. The molecule has 0 saturated heterocycles. The van der Waals surface area contributed by atoms with Crippen molar-refractivity contribution in [1.29, 1.82) is 0 Å². The highest BCUT2D eigenvalue weighted by Gasteiger charge is 2.16. The number of fused-ring (bicyclic) bond motifs is 1. The Morgan fingerprint density at radius 2 is 1.59 bits per heavy atom. The van der Waals surface area contributed by atoms with E-state index in [1.165, 1.54) is 16.5 Å². The van der Waals surface area contributed by atoms with Crippen molar-refractivity contribution in [3.63, 3.8) is 0 Å². The van der Waals surface area contributed by atoms with Gasteiger partial charge in [-0.15, -0.1) is 0 Å². The lowest BCUT2D eigenvalue weighted by molar-refractivity contribution is 0.0965. The highest BCUT2D eigenvalue weighted by atomic mass is 16.2. The molecule has 0 spiro atoms. The molecule has 0 unspecified atom stereocenters. The van der Waals surface area contributed by atoms with Crippen molar-refractivity contribution in [3.8, 4) is 0 Å². The van der Waals surface area contributed by atoms with Gasteiger partial charge in [0.15, 0.2) is 0 Å². The number of nitrogens with zero attached hydrogens (tertiary/aromatic N) is 1. The highest BCUT2D eigenvalue weighted by molar-refractivity contribution is 6.03. The molecule has 2 aromatic carbocycles. The molecule has 22 heavy (non-hydrogen) atoms. The summed E-state index contributed by atoms with van der Waals surface area (Å²) in [5, 5.41) is 1.18. The first-order valence-electron chi connectivity index (χ1n) is 7.70. The molecule has 2 heteroatoms. The molecule has 0 aliphatic rings. The van der Waals surface area contributed by atoms with E-state index in [-0.39, 0.29) is 5.91 Å². The highest BCUT2D eigenvalue weighted by Crippen LogP contribution is 2.29. The minimum atomic E-state index is 0.0285. The molecule has 2 nitrogen and oxygen atoms in total. The summed E-state index contributed by atoms with van der Waals surface area (Å²) in [6.07, 6.45) is 2.00. The Labute approximate surface area is 131 Å². The Morgan fingerprint density at radius 3 is 2.23 bits per heavy atom. The van der Waals surface area contributed by atoms with Gasteiger partial charge in [-0.3, -0.25) is 9.36 Å². The van der Waals surface area contributed by atoms with E-state index < -0.39 is 0 Å². The van der Waals surface area contributed by atoms with Crippen LogP contribution in [-0.2, 0) is 0 Å². The van der Waals surface area contributed by atoms with E-state index in [1.807, 2.05) is 43.5 Å². The second kappa shape index (κ2) is 5.45. The molecule has 0 atom stereocenters. The van der Waals surface area contributed by atoms with Crippen LogP contribution >= 0.6 is 0 Å². The Morgan fingerprint density at radius 1 is 0.955 bits per heavy atom. The van der Waals surface area contributed by atoms with E-state index in [4.69, 9.17) is 0 Å². The molecule has 0 radical (unpaired) electrons. The van der Waals surface area contributed by atoms with E-state index >= 15 is 0 Å². The summed E-state index contributed by atoms with van der Waals surface area (Å²) < 4.78 is 1.79.